The second-order valence-corrected chi connectivity index (χ2v) is 20.9. The predicted molar refractivity (Wildman–Crippen MR) is 170 cm³/mol. The van der Waals surface area contributed by atoms with Gasteiger partial charge >= 0.3 is 5.97 Å². The van der Waals surface area contributed by atoms with Crippen molar-refractivity contribution < 1.29 is 28.2 Å². The lowest BCUT2D eigenvalue weighted by Crippen LogP contribution is -2.20. The van der Waals surface area contributed by atoms with E-state index in [-0.39, 0.29) is 38.8 Å². The number of rotatable bonds is 23. The van der Waals surface area contributed by atoms with Crippen LogP contribution in [0.4, 0.5) is 0 Å². The molecule has 0 aromatic rings. The Hall–Kier alpha value is 1.30. The van der Waals surface area contributed by atoms with E-state index < -0.39 is 20.9 Å². The highest BCUT2D eigenvalue weighted by molar-refractivity contribution is 8.54. The van der Waals surface area contributed by atoms with Crippen LogP contribution in [0.2, 0.25) is 0 Å². The van der Waals surface area contributed by atoms with Crippen LogP contribution in [0, 0.1) is 11.8 Å². The topological polar surface area (TPSA) is 74.2 Å². The molecule has 0 heterocycles. The minimum atomic E-state index is -1.11. The predicted octanol–water partition coefficient (Wildman–Crippen LogP) is 9.31. The number of carboxylic acid groups (broad SMARTS) is 1. The molecule has 0 aliphatic rings. The third-order valence-electron chi connectivity index (χ3n) is 4.82. The molecule has 37 heavy (non-hydrogen) atoms. The van der Waals surface area contributed by atoms with Gasteiger partial charge in [0.2, 0.25) is 7.58 Å². The summed E-state index contributed by atoms with van der Waals surface area (Å²) >= 11 is 3.45. The SMILES string of the molecule is CC(C)CP(CC(C)OP(OC(C)COC(C)C)SCC(C)CP(OC(C)C)SCCC(=O)O)C(C)C. The molecule has 0 aliphatic carbocycles. The van der Waals surface area contributed by atoms with E-state index >= 15 is 0 Å². The summed E-state index contributed by atoms with van der Waals surface area (Å²) in [7, 11) is -1.91. The molecular weight excluding hydrogens is 565 g/mol. The van der Waals surface area contributed by atoms with Crippen LogP contribution in [0.5, 0.6) is 0 Å². The molecule has 6 atom stereocenters. The summed E-state index contributed by atoms with van der Waals surface area (Å²) in [4.78, 5) is 10.9. The van der Waals surface area contributed by atoms with Crippen LogP contribution in [-0.2, 0) is 23.1 Å². The van der Waals surface area contributed by atoms with Gasteiger partial charge in [0.15, 0.2) is 0 Å². The Kier molecular flexibility index (Phi) is 22.7. The Balaban J connectivity index is 5.11. The van der Waals surface area contributed by atoms with Gasteiger partial charge in [-0.15, -0.1) is 19.3 Å². The van der Waals surface area contributed by atoms with Gasteiger partial charge in [0.25, 0.3) is 0 Å². The summed E-state index contributed by atoms with van der Waals surface area (Å²) in [6.45, 7) is 24.5. The van der Waals surface area contributed by atoms with Gasteiger partial charge in [-0.3, -0.25) is 4.79 Å². The van der Waals surface area contributed by atoms with E-state index in [1.807, 2.05) is 27.7 Å². The van der Waals surface area contributed by atoms with E-state index in [4.69, 9.17) is 23.4 Å². The second kappa shape index (κ2) is 22.0. The normalized spacial score (nSPS) is 17.4. The van der Waals surface area contributed by atoms with Crippen molar-refractivity contribution in [2.45, 2.75) is 113 Å². The Labute approximate surface area is 240 Å². The zero-order valence-electron chi connectivity index (χ0n) is 25.1. The first kappa shape index (κ1) is 38.3. The van der Waals surface area contributed by atoms with Crippen molar-refractivity contribution in [3.8, 4) is 0 Å². The fraction of sp³-hybridized carbons (Fsp3) is 0.962. The Bertz CT molecular complexity index is 587. The van der Waals surface area contributed by atoms with Crippen molar-refractivity contribution in [1.82, 2.24) is 0 Å². The molecule has 0 rings (SSSR count). The molecule has 0 fully saturated rings. The Morgan fingerprint density at radius 2 is 1.41 bits per heavy atom. The molecule has 0 aromatic heterocycles. The summed E-state index contributed by atoms with van der Waals surface area (Å²) in [5.41, 5.74) is 0.695. The van der Waals surface area contributed by atoms with E-state index in [1.165, 1.54) is 6.16 Å². The summed E-state index contributed by atoms with van der Waals surface area (Å²) in [5, 5.41) is 8.99. The van der Waals surface area contributed by atoms with Crippen molar-refractivity contribution in [3.05, 3.63) is 0 Å². The number of carboxylic acids is 1. The standard InChI is InChI=1S/C26H55O6P3S2/c1-19(2)15-33(22(7)8)17-25(11)32-35(31-24(10)14-29-20(3)4)37-18-23(9)16-34(30-21(5)6)36-13-12-26(27)28/h19-25H,12-18H2,1-11H3,(H,27,28). The van der Waals surface area contributed by atoms with Gasteiger partial charge in [-0.1, -0.05) is 46.0 Å². The van der Waals surface area contributed by atoms with Crippen LogP contribution in [0.3, 0.4) is 0 Å². The summed E-state index contributed by atoms with van der Waals surface area (Å²) in [6, 6.07) is 0. The van der Waals surface area contributed by atoms with Gasteiger partial charge in [-0.2, -0.15) is 0 Å². The number of hydrogen-bond donors (Lipinski definition) is 1. The van der Waals surface area contributed by atoms with E-state index in [9.17, 15) is 4.79 Å². The fourth-order valence-electron chi connectivity index (χ4n) is 3.16. The third kappa shape index (κ3) is 22.6. The Morgan fingerprint density at radius 3 is 1.92 bits per heavy atom. The number of aliphatic carboxylic acids is 1. The van der Waals surface area contributed by atoms with E-state index in [0.29, 0.717) is 29.9 Å². The largest absolute Gasteiger partial charge is 0.481 e. The Morgan fingerprint density at radius 1 is 0.784 bits per heavy atom. The second-order valence-electron chi connectivity index (χ2n) is 10.9. The zero-order valence-corrected chi connectivity index (χ0v) is 29.5. The van der Waals surface area contributed by atoms with Gasteiger partial charge in [0.05, 0.1) is 44.8 Å². The maximum atomic E-state index is 10.9. The highest BCUT2D eigenvalue weighted by Crippen LogP contribution is 2.58. The smallest absolute Gasteiger partial charge is 0.304 e. The van der Waals surface area contributed by atoms with Crippen LogP contribution in [0.15, 0.2) is 0 Å². The van der Waals surface area contributed by atoms with Gasteiger partial charge in [-0.05, 0) is 71.4 Å². The number of carbonyl (C=O) groups is 1. The molecule has 0 bridgehead atoms. The summed E-state index contributed by atoms with van der Waals surface area (Å²) in [6.07, 6.45) is 3.93. The zero-order chi connectivity index (χ0) is 28.5. The molecule has 222 valence electrons. The van der Waals surface area contributed by atoms with Crippen molar-refractivity contribution in [2.75, 3.05) is 36.6 Å². The lowest BCUT2D eigenvalue weighted by molar-refractivity contribution is -0.136. The first-order valence-corrected chi connectivity index (χ1v) is 21.2. The van der Waals surface area contributed by atoms with Crippen LogP contribution in [0.1, 0.15) is 82.6 Å². The van der Waals surface area contributed by atoms with Gasteiger partial charge < -0.3 is 23.4 Å². The van der Waals surface area contributed by atoms with E-state index in [1.54, 1.807) is 22.8 Å². The van der Waals surface area contributed by atoms with Gasteiger partial charge in [0, 0.05) is 17.7 Å². The molecule has 0 saturated carbocycles. The average molecular weight is 621 g/mol. The van der Waals surface area contributed by atoms with Crippen molar-refractivity contribution in [3.63, 3.8) is 0 Å². The quantitative estimate of drug-likeness (QED) is 0.113. The minimum absolute atomic E-state index is 0.0289. The third-order valence-corrected chi connectivity index (χ3v) is 16.4. The van der Waals surface area contributed by atoms with Crippen LogP contribution < -0.4 is 0 Å². The molecule has 0 aromatic carbocycles. The lowest BCUT2D eigenvalue weighted by Gasteiger charge is -2.30. The first-order chi connectivity index (χ1) is 17.2. The van der Waals surface area contributed by atoms with Crippen molar-refractivity contribution in [1.29, 1.82) is 0 Å². The highest BCUT2D eigenvalue weighted by atomic mass is 32.7. The molecular formula is C26H55O6P3S2. The van der Waals surface area contributed by atoms with Crippen molar-refractivity contribution in [2.24, 2.45) is 11.8 Å². The highest BCUT2D eigenvalue weighted by Gasteiger charge is 2.25. The number of ether oxygens (including phenoxy) is 1. The maximum absolute atomic E-state index is 10.9. The van der Waals surface area contributed by atoms with Crippen LogP contribution in [0.25, 0.3) is 0 Å². The molecule has 6 unspecified atom stereocenters. The van der Waals surface area contributed by atoms with Crippen LogP contribution in [-0.4, -0.2) is 77.7 Å². The first-order valence-electron chi connectivity index (χ1n) is 13.6. The van der Waals surface area contributed by atoms with Crippen molar-refractivity contribution >= 4 is 51.6 Å². The molecule has 0 radical (unpaired) electrons. The molecule has 0 saturated heterocycles. The fourth-order valence-corrected chi connectivity index (χ4v) is 14.4. The minimum Gasteiger partial charge on any atom is -0.481 e. The van der Waals surface area contributed by atoms with E-state index in [2.05, 4.69) is 48.5 Å². The molecule has 0 spiro atoms. The van der Waals surface area contributed by atoms with Crippen LogP contribution >= 0.6 is 45.6 Å². The number of hydrogen-bond acceptors (Lipinski definition) is 7. The average Bonchev–Trinajstić information content (AvgIpc) is 2.74. The molecule has 6 nitrogen and oxygen atoms in total. The molecule has 0 amide bonds. The van der Waals surface area contributed by atoms with E-state index in [0.717, 1.165) is 18.1 Å². The maximum Gasteiger partial charge on any atom is 0.304 e. The summed E-state index contributed by atoms with van der Waals surface area (Å²) < 4.78 is 24.9. The lowest BCUT2D eigenvalue weighted by atomic mass is 10.3. The molecule has 1 N–H and O–H groups in total. The molecule has 11 heteroatoms. The van der Waals surface area contributed by atoms with Gasteiger partial charge in [-0.25, -0.2) is 0 Å². The monoisotopic (exact) mass is 620 g/mol. The summed E-state index contributed by atoms with van der Waals surface area (Å²) in [5.74, 6) is 1.87. The van der Waals surface area contributed by atoms with Gasteiger partial charge in [0.1, 0.15) is 0 Å². The molecule has 0 aliphatic heterocycles.